The molecule has 0 saturated carbocycles. The van der Waals surface area contributed by atoms with Gasteiger partial charge in [0.2, 0.25) is 0 Å². The number of benzene rings is 2. The summed E-state index contributed by atoms with van der Waals surface area (Å²) in [5.41, 5.74) is 11.3. The Morgan fingerprint density at radius 2 is 1.79 bits per heavy atom. The highest BCUT2D eigenvalue weighted by Crippen LogP contribution is 2.38. The molecule has 1 heterocycles. The zero-order valence-electron chi connectivity index (χ0n) is 11.2. The van der Waals surface area contributed by atoms with Crippen molar-refractivity contribution < 1.29 is 4.42 Å². The fourth-order valence-electron chi connectivity index (χ4n) is 2.51. The minimum absolute atomic E-state index is 0.372. The molecule has 0 atom stereocenters. The number of nitrogen functional groups attached to an aromatic ring is 1. The zero-order valence-corrected chi connectivity index (χ0v) is 11.2. The molecule has 2 nitrogen and oxygen atoms in total. The molecular weight excluding hydrogens is 234 g/mol. The molecule has 2 heteroatoms. The highest BCUT2D eigenvalue weighted by atomic mass is 16.3. The first-order valence-corrected chi connectivity index (χ1v) is 6.53. The van der Waals surface area contributed by atoms with E-state index in [4.69, 9.17) is 10.2 Å². The molecule has 2 aromatic carbocycles. The maximum atomic E-state index is 6.22. The number of hydrogen-bond acceptors (Lipinski definition) is 2. The monoisotopic (exact) mass is 251 g/mol. The van der Waals surface area contributed by atoms with Crippen LogP contribution in [0.2, 0.25) is 0 Å². The Kier molecular flexibility index (Phi) is 2.79. The van der Waals surface area contributed by atoms with Gasteiger partial charge in [-0.25, -0.2) is 0 Å². The van der Waals surface area contributed by atoms with Crippen LogP contribution in [0.4, 0.5) is 5.69 Å². The molecule has 0 fully saturated rings. The molecule has 2 N–H and O–H groups in total. The average Bonchev–Trinajstić information content (AvgIpc) is 2.89. The largest absolute Gasteiger partial charge is 0.462 e. The normalized spacial score (nSPS) is 11.3. The van der Waals surface area contributed by atoms with Gasteiger partial charge in [0.1, 0.15) is 0 Å². The minimum Gasteiger partial charge on any atom is -0.462 e. The van der Waals surface area contributed by atoms with Crippen molar-refractivity contribution in [3.63, 3.8) is 0 Å². The number of anilines is 1. The van der Waals surface area contributed by atoms with Gasteiger partial charge in [0.15, 0.2) is 5.58 Å². The summed E-state index contributed by atoms with van der Waals surface area (Å²) < 4.78 is 5.58. The fourth-order valence-corrected chi connectivity index (χ4v) is 2.51. The molecule has 0 bridgehead atoms. The number of nitrogens with two attached hydrogens (primary N) is 1. The summed E-state index contributed by atoms with van der Waals surface area (Å²) in [5.74, 6) is 0.372. The van der Waals surface area contributed by atoms with Crippen LogP contribution in [0.1, 0.15) is 25.3 Å². The first kappa shape index (κ1) is 11.8. The van der Waals surface area contributed by atoms with Gasteiger partial charge < -0.3 is 10.2 Å². The first-order chi connectivity index (χ1) is 9.18. The van der Waals surface area contributed by atoms with Crippen LogP contribution < -0.4 is 5.73 Å². The molecule has 0 aliphatic heterocycles. The zero-order chi connectivity index (χ0) is 13.4. The van der Waals surface area contributed by atoms with Crippen molar-refractivity contribution in [3.8, 4) is 11.1 Å². The standard InChI is InChI=1S/C17H17NO/c1-11(2)14-10-15(12-6-4-3-5-7-12)13-8-9-19-17(13)16(14)18/h3-11H,18H2,1-2H3. The molecule has 1 aromatic heterocycles. The van der Waals surface area contributed by atoms with Crippen molar-refractivity contribution in [1.82, 2.24) is 0 Å². The molecule has 0 aliphatic rings. The number of hydrogen-bond donors (Lipinski definition) is 1. The van der Waals surface area contributed by atoms with E-state index in [0.717, 1.165) is 22.2 Å². The fraction of sp³-hybridized carbons (Fsp3) is 0.176. The van der Waals surface area contributed by atoms with Gasteiger partial charge in [0, 0.05) is 5.39 Å². The summed E-state index contributed by atoms with van der Waals surface area (Å²) in [6, 6.07) is 14.5. The lowest BCUT2D eigenvalue weighted by Gasteiger charge is -2.13. The van der Waals surface area contributed by atoms with Gasteiger partial charge >= 0.3 is 0 Å². The first-order valence-electron chi connectivity index (χ1n) is 6.53. The van der Waals surface area contributed by atoms with Crippen LogP contribution in [0.3, 0.4) is 0 Å². The van der Waals surface area contributed by atoms with E-state index in [1.165, 1.54) is 11.1 Å². The summed E-state index contributed by atoms with van der Waals surface area (Å²) in [4.78, 5) is 0. The second kappa shape index (κ2) is 4.47. The predicted octanol–water partition coefficient (Wildman–Crippen LogP) is 4.81. The summed E-state index contributed by atoms with van der Waals surface area (Å²) in [6.45, 7) is 4.30. The van der Waals surface area contributed by atoms with Crippen molar-refractivity contribution in [2.75, 3.05) is 5.73 Å². The molecule has 0 spiro atoms. The lowest BCUT2D eigenvalue weighted by molar-refractivity contribution is 0.616. The van der Waals surface area contributed by atoms with Crippen molar-refractivity contribution in [1.29, 1.82) is 0 Å². The third kappa shape index (κ3) is 1.89. The van der Waals surface area contributed by atoms with Crippen LogP contribution >= 0.6 is 0 Å². The molecule has 96 valence electrons. The van der Waals surface area contributed by atoms with Crippen molar-refractivity contribution in [3.05, 3.63) is 54.3 Å². The van der Waals surface area contributed by atoms with Gasteiger partial charge in [0.05, 0.1) is 12.0 Å². The Morgan fingerprint density at radius 3 is 2.47 bits per heavy atom. The topological polar surface area (TPSA) is 39.2 Å². The van der Waals surface area contributed by atoms with Gasteiger partial charge in [-0.15, -0.1) is 0 Å². The van der Waals surface area contributed by atoms with Crippen LogP contribution in [0, 0.1) is 0 Å². The summed E-state index contributed by atoms with van der Waals surface area (Å²) in [6.07, 6.45) is 1.71. The molecule has 0 aliphatic carbocycles. The second-order valence-corrected chi connectivity index (χ2v) is 5.11. The maximum Gasteiger partial charge on any atom is 0.157 e. The quantitative estimate of drug-likeness (QED) is 0.664. The van der Waals surface area contributed by atoms with Crippen molar-refractivity contribution >= 4 is 16.7 Å². The number of rotatable bonds is 2. The number of fused-ring (bicyclic) bond motifs is 1. The molecular formula is C17H17NO. The Bertz CT molecular complexity index is 711. The van der Waals surface area contributed by atoms with Crippen LogP contribution in [-0.2, 0) is 0 Å². The van der Waals surface area contributed by atoms with Crippen LogP contribution in [-0.4, -0.2) is 0 Å². The Labute approximate surface area is 112 Å². The maximum absolute atomic E-state index is 6.22. The highest BCUT2D eigenvalue weighted by molar-refractivity contribution is 6.01. The van der Waals surface area contributed by atoms with Crippen molar-refractivity contribution in [2.24, 2.45) is 0 Å². The molecule has 19 heavy (non-hydrogen) atoms. The van der Waals surface area contributed by atoms with E-state index in [2.05, 4.69) is 32.0 Å². The lowest BCUT2D eigenvalue weighted by atomic mass is 9.93. The summed E-state index contributed by atoms with van der Waals surface area (Å²) >= 11 is 0. The van der Waals surface area contributed by atoms with E-state index < -0.39 is 0 Å². The van der Waals surface area contributed by atoms with E-state index in [-0.39, 0.29) is 0 Å². The third-order valence-electron chi connectivity index (χ3n) is 3.52. The molecule has 0 saturated heterocycles. The average molecular weight is 251 g/mol. The van der Waals surface area contributed by atoms with E-state index >= 15 is 0 Å². The molecule has 0 unspecified atom stereocenters. The molecule has 3 aromatic rings. The van der Waals surface area contributed by atoms with Crippen LogP contribution in [0.15, 0.2) is 53.1 Å². The van der Waals surface area contributed by atoms with Gasteiger partial charge in [-0.1, -0.05) is 44.2 Å². The van der Waals surface area contributed by atoms with Crippen LogP contribution in [0.5, 0.6) is 0 Å². The SMILES string of the molecule is CC(C)c1cc(-c2ccccc2)c2ccoc2c1N. The Hall–Kier alpha value is -2.22. The van der Waals surface area contributed by atoms with Gasteiger partial charge in [-0.2, -0.15) is 0 Å². The number of furan rings is 1. The third-order valence-corrected chi connectivity index (χ3v) is 3.52. The second-order valence-electron chi connectivity index (χ2n) is 5.11. The van der Waals surface area contributed by atoms with E-state index in [1.807, 2.05) is 24.3 Å². The molecule has 3 rings (SSSR count). The molecule has 0 radical (unpaired) electrons. The Morgan fingerprint density at radius 1 is 1.05 bits per heavy atom. The highest BCUT2D eigenvalue weighted by Gasteiger charge is 2.15. The van der Waals surface area contributed by atoms with Gasteiger partial charge in [-0.05, 0) is 34.7 Å². The summed E-state index contributed by atoms with van der Waals surface area (Å²) in [7, 11) is 0. The molecule has 0 amide bonds. The lowest BCUT2D eigenvalue weighted by Crippen LogP contribution is -1.98. The van der Waals surface area contributed by atoms with Crippen molar-refractivity contribution in [2.45, 2.75) is 19.8 Å². The van der Waals surface area contributed by atoms with E-state index in [1.54, 1.807) is 6.26 Å². The van der Waals surface area contributed by atoms with E-state index in [0.29, 0.717) is 5.92 Å². The minimum atomic E-state index is 0.372. The van der Waals surface area contributed by atoms with Gasteiger partial charge in [0.25, 0.3) is 0 Å². The van der Waals surface area contributed by atoms with Crippen LogP contribution in [0.25, 0.3) is 22.1 Å². The van der Waals surface area contributed by atoms with Gasteiger partial charge in [-0.3, -0.25) is 0 Å². The smallest absolute Gasteiger partial charge is 0.157 e. The van der Waals surface area contributed by atoms with E-state index in [9.17, 15) is 0 Å². The summed E-state index contributed by atoms with van der Waals surface area (Å²) in [5, 5.41) is 1.08. The predicted molar refractivity (Wildman–Crippen MR) is 80.2 cm³/mol. The Balaban J connectivity index is 2.36.